The zero-order valence-corrected chi connectivity index (χ0v) is 10.0. The Morgan fingerprint density at radius 1 is 1.53 bits per heavy atom. The van der Waals surface area contributed by atoms with E-state index in [-0.39, 0.29) is 0 Å². The molecule has 17 heavy (non-hydrogen) atoms. The molecule has 1 atom stereocenters. The van der Waals surface area contributed by atoms with Crippen molar-refractivity contribution in [3.63, 3.8) is 0 Å². The van der Waals surface area contributed by atoms with Gasteiger partial charge >= 0.3 is 5.97 Å². The number of hydrogen-bond donors (Lipinski definition) is 2. The molecular weight excluding hydrogens is 216 g/mol. The molecule has 1 fully saturated rings. The molecule has 4 nitrogen and oxygen atoms in total. The van der Waals surface area contributed by atoms with Crippen LogP contribution in [0.1, 0.15) is 31.7 Å². The fraction of sp³-hybridized carbons (Fsp3) is 0.538. The zero-order chi connectivity index (χ0) is 12.3. The first-order valence-electron chi connectivity index (χ1n) is 6.02. The van der Waals surface area contributed by atoms with Crippen LogP contribution < -0.4 is 5.32 Å². The molecule has 1 heterocycles. The molecule has 2 N–H and O–H groups in total. The van der Waals surface area contributed by atoms with Crippen molar-refractivity contribution in [2.24, 2.45) is 5.92 Å². The van der Waals surface area contributed by atoms with Crippen molar-refractivity contribution in [2.75, 3.05) is 6.54 Å². The van der Waals surface area contributed by atoms with Crippen LogP contribution in [0.5, 0.6) is 0 Å². The molecule has 1 aliphatic carbocycles. The minimum Gasteiger partial charge on any atom is -0.480 e. The van der Waals surface area contributed by atoms with Crippen molar-refractivity contribution < 1.29 is 9.90 Å². The van der Waals surface area contributed by atoms with Gasteiger partial charge in [-0.3, -0.25) is 10.3 Å². The van der Waals surface area contributed by atoms with Crippen LogP contribution >= 0.6 is 0 Å². The maximum absolute atomic E-state index is 11.5. The molecule has 1 aromatic rings. The van der Waals surface area contributed by atoms with Crippen molar-refractivity contribution >= 4 is 5.97 Å². The summed E-state index contributed by atoms with van der Waals surface area (Å²) in [5.74, 6) is -0.210. The summed E-state index contributed by atoms with van der Waals surface area (Å²) in [4.78, 5) is 15.4. The lowest BCUT2D eigenvalue weighted by Gasteiger charge is -2.32. The highest BCUT2D eigenvalue weighted by atomic mass is 16.4. The van der Waals surface area contributed by atoms with Crippen LogP contribution in [0.15, 0.2) is 24.5 Å². The smallest absolute Gasteiger partial charge is 0.328 e. The fourth-order valence-corrected chi connectivity index (χ4v) is 2.03. The van der Waals surface area contributed by atoms with Gasteiger partial charge in [0.05, 0.1) is 0 Å². The van der Waals surface area contributed by atoms with Gasteiger partial charge in [-0.25, -0.2) is 4.79 Å². The minimum atomic E-state index is -1.02. The highest BCUT2D eigenvalue weighted by Gasteiger charge is 2.35. The number of carbonyl (C=O) groups is 1. The van der Waals surface area contributed by atoms with Gasteiger partial charge in [0, 0.05) is 12.4 Å². The van der Waals surface area contributed by atoms with Crippen LogP contribution in [0, 0.1) is 5.92 Å². The van der Waals surface area contributed by atoms with Gasteiger partial charge in [0.1, 0.15) is 5.54 Å². The summed E-state index contributed by atoms with van der Waals surface area (Å²) >= 11 is 0. The average molecular weight is 234 g/mol. The van der Waals surface area contributed by atoms with Crippen LogP contribution in [-0.2, 0) is 10.3 Å². The second-order valence-electron chi connectivity index (χ2n) is 4.84. The Balaban J connectivity index is 2.11. The quantitative estimate of drug-likeness (QED) is 0.815. The van der Waals surface area contributed by atoms with E-state index in [1.165, 1.54) is 19.3 Å². The number of rotatable bonds is 5. The van der Waals surface area contributed by atoms with Crippen molar-refractivity contribution in [3.05, 3.63) is 30.1 Å². The zero-order valence-electron chi connectivity index (χ0n) is 10.0. The molecule has 0 bridgehead atoms. The fourth-order valence-electron chi connectivity index (χ4n) is 2.03. The number of carboxylic acids is 1. The number of hydrogen-bond acceptors (Lipinski definition) is 3. The first-order chi connectivity index (χ1) is 8.13. The second kappa shape index (κ2) is 4.84. The van der Waals surface area contributed by atoms with Gasteiger partial charge in [0.25, 0.3) is 0 Å². The summed E-state index contributed by atoms with van der Waals surface area (Å²) in [6.45, 7) is 2.48. The molecule has 1 saturated carbocycles. The van der Waals surface area contributed by atoms with E-state index in [9.17, 15) is 9.90 Å². The Labute approximate surface area is 101 Å². The van der Waals surface area contributed by atoms with Crippen LogP contribution in [0.25, 0.3) is 0 Å². The number of pyridine rings is 1. The first kappa shape index (κ1) is 12.0. The van der Waals surface area contributed by atoms with Gasteiger partial charge in [-0.15, -0.1) is 0 Å². The van der Waals surface area contributed by atoms with E-state index in [0.717, 1.165) is 12.1 Å². The molecule has 92 valence electrons. The van der Waals surface area contributed by atoms with Crippen molar-refractivity contribution in [3.8, 4) is 0 Å². The van der Waals surface area contributed by atoms with Gasteiger partial charge in [-0.2, -0.15) is 0 Å². The van der Waals surface area contributed by atoms with Crippen molar-refractivity contribution in [2.45, 2.75) is 31.7 Å². The predicted octanol–water partition coefficient (Wildman–Crippen LogP) is 1.77. The Kier molecular flexibility index (Phi) is 3.43. The maximum atomic E-state index is 11.5. The van der Waals surface area contributed by atoms with Gasteiger partial charge in [-0.05, 0) is 49.9 Å². The van der Waals surface area contributed by atoms with Crippen molar-refractivity contribution in [1.29, 1.82) is 0 Å². The van der Waals surface area contributed by atoms with E-state index in [0.29, 0.717) is 5.92 Å². The number of aliphatic carboxylic acids is 1. The standard InChI is InChI=1S/C13H18N2O2/c1-13(12(16)17,11-5-7-14-8-6-11)15-9-10-3-2-4-10/h5-8,10,15H,2-4,9H2,1H3,(H,16,17). The number of aromatic nitrogens is 1. The summed E-state index contributed by atoms with van der Waals surface area (Å²) in [5.41, 5.74) is -0.266. The minimum absolute atomic E-state index is 0.635. The molecular formula is C13H18N2O2. The van der Waals surface area contributed by atoms with Crippen LogP contribution in [0.3, 0.4) is 0 Å². The lowest BCUT2D eigenvalue weighted by molar-refractivity contribution is -0.144. The molecule has 4 heteroatoms. The Bertz CT molecular complexity index is 390. The molecule has 0 radical (unpaired) electrons. The van der Waals surface area contributed by atoms with E-state index < -0.39 is 11.5 Å². The van der Waals surface area contributed by atoms with Crippen LogP contribution in [0.4, 0.5) is 0 Å². The summed E-state index contributed by atoms with van der Waals surface area (Å²) in [7, 11) is 0. The van der Waals surface area contributed by atoms with E-state index in [1.807, 2.05) is 0 Å². The Morgan fingerprint density at radius 2 is 2.18 bits per heavy atom. The molecule has 1 aromatic heterocycles. The van der Waals surface area contributed by atoms with Crippen molar-refractivity contribution in [1.82, 2.24) is 10.3 Å². The highest BCUT2D eigenvalue weighted by molar-refractivity contribution is 5.80. The third-order valence-corrected chi connectivity index (χ3v) is 3.65. The third-order valence-electron chi connectivity index (χ3n) is 3.65. The summed E-state index contributed by atoms with van der Waals surface area (Å²) < 4.78 is 0. The third kappa shape index (κ3) is 2.47. The Morgan fingerprint density at radius 3 is 2.65 bits per heavy atom. The topological polar surface area (TPSA) is 62.2 Å². The molecule has 1 unspecified atom stereocenters. The molecule has 2 rings (SSSR count). The van der Waals surface area contributed by atoms with Gasteiger partial charge in [0.2, 0.25) is 0 Å². The maximum Gasteiger partial charge on any atom is 0.328 e. The molecule has 0 amide bonds. The summed E-state index contributed by atoms with van der Waals surface area (Å²) in [5, 5.41) is 12.6. The van der Waals surface area contributed by atoms with Crippen LogP contribution in [-0.4, -0.2) is 22.6 Å². The largest absolute Gasteiger partial charge is 0.480 e. The molecule has 0 aromatic carbocycles. The molecule has 1 aliphatic rings. The average Bonchev–Trinajstić information content (AvgIpc) is 2.27. The number of nitrogens with one attached hydrogen (secondary N) is 1. The van der Waals surface area contributed by atoms with E-state index >= 15 is 0 Å². The lowest BCUT2D eigenvalue weighted by atomic mass is 9.84. The first-order valence-corrected chi connectivity index (χ1v) is 6.02. The molecule has 0 saturated heterocycles. The van der Waals surface area contributed by atoms with Gasteiger partial charge in [0.15, 0.2) is 0 Å². The van der Waals surface area contributed by atoms with Gasteiger partial charge in [-0.1, -0.05) is 6.42 Å². The SMILES string of the molecule is CC(NCC1CCC1)(C(=O)O)c1ccncc1. The monoisotopic (exact) mass is 234 g/mol. The number of carboxylic acid groups (broad SMARTS) is 1. The lowest BCUT2D eigenvalue weighted by Crippen LogP contribution is -2.49. The Hall–Kier alpha value is -1.42. The van der Waals surface area contributed by atoms with Crippen LogP contribution in [0.2, 0.25) is 0 Å². The van der Waals surface area contributed by atoms with Gasteiger partial charge < -0.3 is 5.11 Å². The highest BCUT2D eigenvalue weighted by Crippen LogP contribution is 2.27. The summed E-state index contributed by atoms with van der Waals surface area (Å²) in [6.07, 6.45) is 6.94. The molecule has 0 spiro atoms. The normalized spacial score (nSPS) is 19.4. The van der Waals surface area contributed by atoms with E-state index in [4.69, 9.17) is 0 Å². The van der Waals surface area contributed by atoms with E-state index in [1.54, 1.807) is 31.5 Å². The predicted molar refractivity (Wildman–Crippen MR) is 64.6 cm³/mol. The van der Waals surface area contributed by atoms with E-state index in [2.05, 4.69) is 10.3 Å². The molecule has 0 aliphatic heterocycles. The number of nitrogens with zero attached hydrogens (tertiary/aromatic N) is 1. The summed E-state index contributed by atoms with van der Waals surface area (Å²) in [6, 6.07) is 3.50. The second-order valence-corrected chi connectivity index (χ2v) is 4.84.